The summed E-state index contributed by atoms with van der Waals surface area (Å²) in [7, 11) is 0. The number of benzene rings is 1. The molecule has 92 valence electrons. The monoisotopic (exact) mass is 240 g/mol. The summed E-state index contributed by atoms with van der Waals surface area (Å²) in [5.74, 6) is -1.89. The highest BCUT2D eigenvalue weighted by atomic mass is 19.2. The molecule has 1 aromatic rings. The van der Waals surface area contributed by atoms with Crippen LogP contribution in [0.5, 0.6) is 0 Å². The zero-order valence-electron chi connectivity index (χ0n) is 9.33. The van der Waals surface area contributed by atoms with Crippen molar-refractivity contribution >= 4 is 5.91 Å². The summed E-state index contributed by atoms with van der Waals surface area (Å²) >= 11 is 0. The highest BCUT2D eigenvalue weighted by Crippen LogP contribution is 2.18. The average Bonchev–Trinajstić information content (AvgIpc) is 2.80. The second kappa shape index (κ2) is 4.79. The van der Waals surface area contributed by atoms with Gasteiger partial charge in [0.25, 0.3) is 5.91 Å². The molecule has 1 amide bonds. The largest absolute Gasteiger partial charge is 0.338 e. The Morgan fingerprint density at radius 1 is 1.41 bits per heavy atom. The normalized spacial score (nSPS) is 19.7. The fourth-order valence-corrected chi connectivity index (χ4v) is 2.02. The molecular formula is C12H14F2N2O. The van der Waals surface area contributed by atoms with Crippen LogP contribution in [0, 0.1) is 17.6 Å². The quantitative estimate of drug-likeness (QED) is 0.849. The van der Waals surface area contributed by atoms with Gasteiger partial charge in [0, 0.05) is 18.7 Å². The molecule has 1 fully saturated rings. The van der Waals surface area contributed by atoms with E-state index in [1.807, 2.05) is 0 Å². The van der Waals surface area contributed by atoms with Crippen LogP contribution >= 0.6 is 0 Å². The molecule has 0 bridgehead atoms. The first-order chi connectivity index (χ1) is 8.11. The van der Waals surface area contributed by atoms with Gasteiger partial charge in [0.2, 0.25) is 0 Å². The first-order valence-electron chi connectivity index (χ1n) is 5.56. The van der Waals surface area contributed by atoms with Crippen molar-refractivity contribution in [2.24, 2.45) is 11.7 Å². The molecule has 2 N–H and O–H groups in total. The Balaban J connectivity index is 2.12. The Labute approximate surface area is 98.2 Å². The van der Waals surface area contributed by atoms with Crippen molar-refractivity contribution in [1.29, 1.82) is 0 Å². The molecule has 0 aliphatic carbocycles. The summed E-state index contributed by atoms with van der Waals surface area (Å²) in [5, 5.41) is 0. The lowest BCUT2D eigenvalue weighted by molar-refractivity contribution is 0.0787. The zero-order chi connectivity index (χ0) is 12.4. The van der Waals surface area contributed by atoms with Crippen LogP contribution in [-0.2, 0) is 0 Å². The fraction of sp³-hybridized carbons (Fsp3) is 0.417. The number of nitrogens with two attached hydrogens (primary N) is 1. The van der Waals surface area contributed by atoms with Gasteiger partial charge in [0.1, 0.15) is 0 Å². The molecule has 1 atom stereocenters. The fourth-order valence-electron chi connectivity index (χ4n) is 2.02. The second-order valence-corrected chi connectivity index (χ2v) is 4.27. The Morgan fingerprint density at radius 3 is 2.76 bits per heavy atom. The molecule has 1 aliphatic heterocycles. The van der Waals surface area contributed by atoms with Crippen molar-refractivity contribution in [2.75, 3.05) is 19.6 Å². The first-order valence-corrected chi connectivity index (χ1v) is 5.56. The summed E-state index contributed by atoms with van der Waals surface area (Å²) in [6, 6.07) is 3.21. The molecule has 3 nitrogen and oxygen atoms in total. The number of rotatable bonds is 2. The maximum atomic E-state index is 13.0. The van der Waals surface area contributed by atoms with E-state index in [-0.39, 0.29) is 11.5 Å². The van der Waals surface area contributed by atoms with Crippen LogP contribution in [0.4, 0.5) is 8.78 Å². The summed E-state index contributed by atoms with van der Waals surface area (Å²) in [6.45, 7) is 1.76. The Hall–Kier alpha value is -1.49. The first kappa shape index (κ1) is 12.0. The number of hydrogen-bond acceptors (Lipinski definition) is 2. The minimum atomic E-state index is -0.995. The van der Waals surface area contributed by atoms with Gasteiger partial charge >= 0.3 is 0 Å². The molecule has 2 rings (SSSR count). The lowest BCUT2D eigenvalue weighted by atomic mass is 10.1. The van der Waals surface area contributed by atoms with E-state index >= 15 is 0 Å². The van der Waals surface area contributed by atoms with Crippen LogP contribution in [0.3, 0.4) is 0 Å². The van der Waals surface area contributed by atoms with E-state index in [2.05, 4.69) is 0 Å². The third-order valence-corrected chi connectivity index (χ3v) is 3.07. The molecule has 1 aliphatic rings. The molecule has 1 heterocycles. The van der Waals surface area contributed by atoms with Crippen LogP contribution < -0.4 is 5.73 Å². The van der Waals surface area contributed by atoms with Crippen molar-refractivity contribution < 1.29 is 13.6 Å². The van der Waals surface area contributed by atoms with Crippen LogP contribution in [0.1, 0.15) is 16.8 Å². The molecular weight excluding hydrogens is 226 g/mol. The third-order valence-electron chi connectivity index (χ3n) is 3.07. The second-order valence-electron chi connectivity index (χ2n) is 4.27. The summed E-state index contributed by atoms with van der Waals surface area (Å²) in [6.07, 6.45) is 0.867. The molecule has 0 saturated carbocycles. The maximum absolute atomic E-state index is 13.0. The lowest BCUT2D eigenvalue weighted by Crippen LogP contribution is -2.29. The maximum Gasteiger partial charge on any atom is 0.253 e. The van der Waals surface area contributed by atoms with Crippen LogP contribution in [0.15, 0.2) is 18.2 Å². The molecule has 0 radical (unpaired) electrons. The van der Waals surface area contributed by atoms with Crippen molar-refractivity contribution in [3.63, 3.8) is 0 Å². The van der Waals surface area contributed by atoms with Crippen LogP contribution in [-0.4, -0.2) is 30.4 Å². The van der Waals surface area contributed by atoms with E-state index in [1.54, 1.807) is 4.90 Å². The number of amides is 1. The average molecular weight is 240 g/mol. The number of carbonyl (C=O) groups excluding carboxylic acids is 1. The van der Waals surface area contributed by atoms with E-state index in [9.17, 15) is 13.6 Å². The van der Waals surface area contributed by atoms with Gasteiger partial charge in [-0.25, -0.2) is 8.78 Å². The highest BCUT2D eigenvalue weighted by Gasteiger charge is 2.26. The van der Waals surface area contributed by atoms with Crippen molar-refractivity contribution in [3.8, 4) is 0 Å². The number of nitrogens with zero attached hydrogens (tertiary/aromatic N) is 1. The standard InChI is InChI=1S/C12H14F2N2O/c13-10-2-1-9(5-11(10)14)12(17)16-4-3-8(6-15)7-16/h1-2,5,8H,3-4,6-7,15H2/t8-/m1/s1. The summed E-state index contributed by atoms with van der Waals surface area (Å²) in [5.41, 5.74) is 5.71. The zero-order valence-corrected chi connectivity index (χ0v) is 9.33. The van der Waals surface area contributed by atoms with Gasteiger partial charge in [-0.3, -0.25) is 4.79 Å². The molecule has 0 unspecified atom stereocenters. The van der Waals surface area contributed by atoms with E-state index in [1.165, 1.54) is 6.07 Å². The number of hydrogen-bond donors (Lipinski definition) is 1. The molecule has 1 saturated heterocycles. The van der Waals surface area contributed by atoms with Crippen LogP contribution in [0.2, 0.25) is 0 Å². The smallest absolute Gasteiger partial charge is 0.253 e. The van der Waals surface area contributed by atoms with Gasteiger partial charge in [-0.2, -0.15) is 0 Å². The molecule has 17 heavy (non-hydrogen) atoms. The van der Waals surface area contributed by atoms with Crippen molar-refractivity contribution in [2.45, 2.75) is 6.42 Å². The SMILES string of the molecule is NC[C@H]1CCN(C(=O)c2ccc(F)c(F)c2)C1. The van der Waals surface area contributed by atoms with Crippen molar-refractivity contribution in [1.82, 2.24) is 4.90 Å². The number of likely N-dealkylation sites (tertiary alicyclic amines) is 1. The van der Waals surface area contributed by atoms with Gasteiger partial charge in [0.15, 0.2) is 11.6 Å². The van der Waals surface area contributed by atoms with Crippen LogP contribution in [0.25, 0.3) is 0 Å². The van der Waals surface area contributed by atoms with E-state index < -0.39 is 11.6 Å². The Bertz CT molecular complexity index is 437. The van der Waals surface area contributed by atoms with Crippen molar-refractivity contribution in [3.05, 3.63) is 35.4 Å². The lowest BCUT2D eigenvalue weighted by Gasteiger charge is -2.16. The summed E-state index contributed by atoms with van der Waals surface area (Å²) < 4.78 is 25.7. The van der Waals surface area contributed by atoms with Gasteiger partial charge in [-0.15, -0.1) is 0 Å². The minimum absolute atomic E-state index is 0.182. The topological polar surface area (TPSA) is 46.3 Å². The Morgan fingerprint density at radius 2 is 2.18 bits per heavy atom. The molecule has 0 aromatic heterocycles. The number of halogens is 2. The molecule has 1 aromatic carbocycles. The highest BCUT2D eigenvalue weighted by molar-refractivity contribution is 5.94. The van der Waals surface area contributed by atoms with Gasteiger partial charge < -0.3 is 10.6 Å². The van der Waals surface area contributed by atoms with Gasteiger partial charge in [-0.1, -0.05) is 0 Å². The predicted molar refractivity (Wildman–Crippen MR) is 59.4 cm³/mol. The Kier molecular flexibility index (Phi) is 3.38. The number of carbonyl (C=O) groups is 1. The van der Waals surface area contributed by atoms with E-state index in [0.29, 0.717) is 25.6 Å². The summed E-state index contributed by atoms with van der Waals surface area (Å²) in [4.78, 5) is 13.6. The van der Waals surface area contributed by atoms with Gasteiger partial charge in [0.05, 0.1) is 0 Å². The van der Waals surface area contributed by atoms with E-state index in [0.717, 1.165) is 18.6 Å². The minimum Gasteiger partial charge on any atom is -0.338 e. The third kappa shape index (κ3) is 2.44. The van der Waals surface area contributed by atoms with E-state index in [4.69, 9.17) is 5.73 Å². The molecule has 0 spiro atoms. The van der Waals surface area contributed by atoms with Gasteiger partial charge in [-0.05, 0) is 37.1 Å². The molecule has 5 heteroatoms. The predicted octanol–water partition coefficient (Wildman–Crippen LogP) is 1.39.